The van der Waals surface area contributed by atoms with Gasteiger partial charge in [0.2, 0.25) is 0 Å². The van der Waals surface area contributed by atoms with Crippen molar-refractivity contribution in [2.24, 2.45) is 0 Å². The molecule has 0 unspecified atom stereocenters. The van der Waals surface area contributed by atoms with E-state index < -0.39 is 0 Å². The molecule has 0 fully saturated rings. The number of para-hydroxylation sites is 1. The van der Waals surface area contributed by atoms with Crippen molar-refractivity contribution in [3.63, 3.8) is 0 Å². The summed E-state index contributed by atoms with van der Waals surface area (Å²) in [6, 6.07) is 24.7. The Balaban J connectivity index is 0.000000122. The Morgan fingerprint density at radius 3 is 2.36 bits per heavy atom. The average Bonchev–Trinajstić information content (AvgIpc) is 3.24. The zero-order valence-electron chi connectivity index (χ0n) is 12.0. The van der Waals surface area contributed by atoms with Crippen LogP contribution in [0.15, 0.2) is 89.7 Å². The van der Waals surface area contributed by atoms with Crippen LogP contribution in [0.5, 0.6) is 0 Å². The summed E-state index contributed by atoms with van der Waals surface area (Å²) in [5, 5.41) is 4.99. The predicted octanol–water partition coefficient (Wildman–Crippen LogP) is 5.75. The zero-order chi connectivity index (χ0) is 14.8. The summed E-state index contributed by atoms with van der Waals surface area (Å²) < 4.78 is 5.33. The molecule has 2 aromatic heterocycles. The third-order valence-corrected chi connectivity index (χ3v) is 3.82. The van der Waals surface area contributed by atoms with Crippen molar-refractivity contribution in [1.82, 2.24) is 4.98 Å². The molecular formula is C20H15NO. The molecule has 0 aliphatic heterocycles. The van der Waals surface area contributed by atoms with Gasteiger partial charge in [0.15, 0.2) is 0 Å². The fourth-order valence-corrected chi connectivity index (χ4v) is 2.72. The Morgan fingerprint density at radius 1 is 0.636 bits per heavy atom. The number of aromatic amines is 1. The number of nitrogens with one attached hydrogen (secondary N) is 1. The molecule has 5 rings (SSSR count). The molecule has 0 bridgehead atoms. The quantitative estimate of drug-likeness (QED) is 0.385. The topological polar surface area (TPSA) is 28.9 Å². The second-order valence-electron chi connectivity index (χ2n) is 5.18. The second-order valence-corrected chi connectivity index (χ2v) is 5.18. The van der Waals surface area contributed by atoms with Crippen molar-refractivity contribution in [3.05, 3.63) is 85.3 Å². The fraction of sp³-hybridized carbons (Fsp3) is 0. The first-order valence-electron chi connectivity index (χ1n) is 7.29. The van der Waals surface area contributed by atoms with Crippen LogP contribution in [0.2, 0.25) is 0 Å². The van der Waals surface area contributed by atoms with Gasteiger partial charge in [0.25, 0.3) is 0 Å². The number of fused-ring (bicyclic) bond motifs is 4. The minimum absolute atomic E-state index is 0.957. The first-order chi connectivity index (χ1) is 10.9. The van der Waals surface area contributed by atoms with Gasteiger partial charge < -0.3 is 9.40 Å². The van der Waals surface area contributed by atoms with Gasteiger partial charge in [-0.05, 0) is 40.4 Å². The van der Waals surface area contributed by atoms with Crippen molar-refractivity contribution in [1.29, 1.82) is 0 Å². The smallest absolute Gasteiger partial charge is 0.134 e. The molecule has 106 valence electrons. The highest BCUT2D eigenvalue weighted by Crippen LogP contribution is 2.25. The van der Waals surface area contributed by atoms with Crippen LogP contribution in [-0.4, -0.2) is 4.98 Å². The molecule has 0 saturated carbocycles. The number of aromatic nitrogens is 1. The van der Waals surface area contributed by atoms with E-state index in [9.17, 15) is 0 Å². The van der Waals surface area contributed by atoms with Gasteiger partial charge in [-0.25, -0.2) is 0 Å². The Morgan fingerprint density at radius 2 is 1.45 bits per heavy atom. The Labute approximate surface area is 128 Å². The van der Waals surface area contributed by atoms with Crippen LogP contribution in [0.3, 0.4) is 0 Å². The first kappa shape index (κ1) is 12.7. The van der Waals surface area contributed by atoms with E-state index in [0.717, 1.165) is 5.58 Å². The van der Waals surface area contributed by atoms with Gasteiger partial charge in [-0.15, -0.1) is 0 Å². The highest BCUT2D eigenvalue weighted by Gasteiger charge is 2.00. The van der Waals surface area contributed by atoms with E-state index in [1.165, 1.54) is 27.1 Å². The molecule has 2 heteroatoms. The monoisotopic (exact) mass is 285 g/mol. The molecule has 5 aromatic rings. The first-order valence-corrected chi connectivity index (χ1v) is 7.29. The summed E-state index contributed by atoms with van der Waals surface area (Å²) in [6.45, 7) is 0. The zero-order valence-corrected chi connectivity index (χ0v) is 12.0. The lowest BCUT2D eigenvalue weighted by molar-refractivity contribution is 0.616. The van der Waals surface area contributed by atoms with E-state index in [-0.39, 0.29) is 0 Å². The lowest BCUT2D eigenvalue weighted by Gasteiger charge is -1.96. The molecule has 2 heterocycles. The minimum atomic E-state index is 0.957. The van der Waals surface area contributed by atoms with Crippen molar-refractivity contribution < 1.29 is 4.42 Å². The van der Waals surface area contributed by atoms with Gasteiger partial charge >= 0.3 is 0 Å². The Hall–Kier alpha value is -3.00. The van der Waals surface area contributed by atoms with Crippen molar-refractivity contribution >= 4 is 32.6 Å². The van der Waals surface area contributed by atoms with Gasteiger partial charge in [0, 0.05) is 17.1 Å². The summed E-state index contributed by atoms with van der Waals surface area (Å²) >= 11 is 0. The van der Waals surface area contributed by atoms with Crippen LogP contribution in [0.1, 0.15) is 0 Å². The summed E-state index contributed by atoms with van der Waals surface area (Å²) in [6.07, 6.45) is 3.68. The van der Waals surface area contributed by atoms with E-state index in [1.54, 1.807) is 6.26 Å². The maximum atomic E-state index is 5.33. The number of H-pyrrole nitrogens is 1. The number of rotatable bonds is 0. The molecule has 0 atom stereocenters. The van der Waals surface area contributed by atoms with Gasteiger partial charge in [-0.2, -0.15) is 0 Å². The summed E-state index contributed by atoms with van der Waals surface area (Å²) in [5.74, 6) is 0. The van der Waals surface area contributed by atoms with E-state index in [0.29, 0.717) is 0 Å². The summed E-state index contributed by atoms with van der Waals surface area (Å²) in [4.78, 5) is 3.12. The molecule has 0 spiro atoms. The number of hydrogen-bond acceptors (Lipinski definition) is 1. The minimum Gasteiger partial charge on any atom is -0.464 e. The molecule has 0 radical (unpaired) electrons. The molecule has 0 saturated heterocycles. The largest absolute Gasteiger partial charge is 0.464 e. The number of hydrogen-bond donors (Lipinski definition) is 1. The molecule has 3 aromatic carbocycles. The number of benzene rings is 3. The van der Waals surface area contributed by atoms with E-state index >= 15 is 0 Å². The van der Waals surface area contributed by atoms with Crippen LogP contribution in [0.4, 0.5) is 0 Å². The maximum Gasteiger partial charge on any atom is 0.134 e. The normalized spacial score (nSPS) is 10.7. The lowest BCUT2D eigenvalue weighted by atomic mass is 10.1. The standard InChI is InChI=1S/C12H8O.C8H7N/c1-2-4-10-9(3-1)5-6-12-11(10)7-8-13-12;1-2-4-8-7(3-1)5-6-9-8/h1-8H;1-6,9H. The van der Waals surface area contributed by atoms with E-state index in [4.69, 9.17) is 4.42 Å². The van der Waals surface area contributed by atoms with Gasteiger partial charge in [-0.3, -0.25) is 0 Å². The molecule has 0 amide bonds. The third-order valence-electron chi connectivity index (χ3n) is 3.82. The lowest BCUT2D eigenvalue weighted by Crippen LogP contribution is -1.71. The summed E-state index contributed by atoms with van der Waals surface area (Å²) in [5.41, 5.74) is 2.16. The van der Waals surface area contributed by atoms with Crippen molar-refractivity contribution in [2.45, 2.75) is 0 Å². The highest BCUT2D eigenvalue weighted by atomic mass is 16.3. The van der Waals surface area contributed by atoms with Crippen LogP contribution in [0.25, 0.3) is 32.6 Å². The molecule has 0 aliphatic carbocycles. The molecule has 1 N–H and O–H groups in total. The summed E-state index contributed by atoms with van der Waals surface area (Å²) in [7, 11) is 0. The molecule has 22 heavy (non-hydrogen) atoms. The van der Waals surface area contributed by atoms with Crippen LogP contribution >= 0.6 is 0 Å². The highest BCUT2D eigenvalue weighted by molar-refractivity contribution is 6.05. The van der Waals surface area contributed by atoms with Crippen molar-refractivity contribution in [2.75, 3.05) is 0 Å². The van der Waals surface area contributed by atoms with Crippen LogP contribution in [-0.2, 0) is 0 Å². The Kier molecular flexibility index (Phi) is 3.13. The molecule has 0 aliphatic rings. The van der Waals surface area contributed by atoms with Gasteiger partial charge in [-0.1, -0.05) is 48.5 Å². The van der Waals surface area contributed by atoms with E-state index in [2.05, 4.69) is 47.4 Å². The molecular weight excluding hydrogens is 270 g/mol. The van der Waals surface area contributed by atoms with Crippen LogP contribution in [0, 0.1) is 0 Å². The SMILES string of the molecule is c1ccc2[nH]ccc2c1.c1ccc2c(c1)ccc1occc12. The average molecular weight is 285 g/mol. The fourth-order valence-electron chi connectivity index (χ4n) is 2.72. The van der Waals surface area contributed by atoms with Gasteiger partial charge in [0.1, 0.15) is 5.58 Å². The number of furan rings is 1. The van der Waals surface area contributed by atoms with Crippen molar-refractivity contribution in [3.8, 4) is 0 Å². The molecule has 2 nitrogen and oxygen atoms in total. The van der Waals surface area contributed by atoms with E-state index in [1.807, 2.05) is 36.5 Å². The Bertz CT molecular complexity index is 1010. The third kappa shape index (κ3) is 2.25. The maximum absolute atomic E-state index is 5.33. The second kappa shape index (κ2) is 5.41. The van der Waals surface area contributed by atoms with Crippen LogP contribution < -0.4 is 0 Å². The predicted molar refractivity (Wildman–Crippen MR) is 92.0 cm³/mol. The van der Waals surface area contributed by atoms with Gasteiger partial charge in [0.05, 0.1) is 6.26 Å².